The van der Waals surface area contributed by atoms with Gasteiger partial charge in [0.2, 0.25) is 17.7 Å². The molecule has 1 fully saturated rings. The Hall–Kier alpha value is -6.80. The van der Waals surface area contributed by atoms with Crippen molar-refractivity contribution in [2.24, 2.45) is 0 Å². The van der Waals surface area contributed by atoms with E-state index in [0.29, 0.717) is 28.6 Å². The quantitative estimate of drug-likeness (QED) is 0.147. The van der Waals surface area contributed by atoms with Gasteiger partial charge in [0.1, 0.15) is 31.1 Å². The molecule has 4 aromatic carbocycles. The third kappa shape index (κ3) is 8.62. The number of aromatic nitrogens is 1. The van der Waals surface area contributed by atoms with Gasteiger partial charge in [-0.05, 0) is 63.6 Å². The zero-order valence-corrected chi connectivity index (χ0v) is 33.6. The first-order chi connectivity index (χ1) is 29.6. The first-order valence-corrected chi connectivity index (χ1v) is 20.3. The summed E-state index contributed by atoms with van der Waals surface area (Å²) in [5, 5.41) is 9.01. The van der Waals surface area contributed by atoms with Gasteiger partial charge in [-0.1, -0.05) is 78.9 Å². The van der Waals surface area contributed by atoms with Gasteiger partial charge in [-0.15, -0.1) is 6.58 Å². The van der Waals surface area contributed by atoms with Gasteiger partial charge < -0.3 is 39.6 Å². The highest BCUT2D eigenvalue weighted by molar-refractivity contribution is 5.95. The van der Waals surface area contributed by atoms with E-state index < -0.39 is 59.8 Å². The number of methoxy groups -OCH3 is 1. The molecule has 0 saturated carbocycles. The van der Waals surface area contributed by atoms with Crippen LogP contribution in [-0.2, 0) is 59.3 Å². The molecule has 3 heterocycles. The molecule has 8 rings (SSSR count). The van der Waals surface area contributed by atoms with Gasteiger partial charge in [0.15, 0.2) is 6.04 Å². The number of ether oxygens (including phenoxy) is 3. The number of carbonyl (C=O) groups excluding carboxylic acids is 5. The van der Waals surface area contributed by atoms with Crippen molar-refractivity contribution in [1.82, 2.24) is 25.4 Å². The number of amides is 4. The molecule has 3 aliphatic rings. The van der Waals surface area contributed by atoms with Gasteiger partial charge in [0.05, 0.1) is 13.2 Å². The highest BCUT2D eigenvalue weighted by Crippen LogP contribution is 2.44. The number of hydrogen-bond donors (Lipinski definition) is 3. The van der Waals surface area contributed by atoms with Crippen molar-refractivity contribution < 1.29 is 42.6 Å². The Morgan fingerprint density at radius 3 is 2.44 bits per heavy atom. The molecule has 5 aromatic rings. The third-order valence-corrected chi connectivity index (χ3v) is 11.7. The number of benzene rings is 4. The van der Waals surface area contributed by atoms with Gasteiger partial charge >= 0.3 is 12.1 Å². The molecule has 4 atom stereocenters. The maximum atomic E-state index is 14.8. The van der Waals surface area contributed by atoms with Crippen LogP contribution in [0.1, 0.15) is 40.2 Å². The summed E-state index contributed by atoms with van der Waals surface area (Å²) in [6, 6.07) is 23.6. The number of halogens is 1. The molecule has 14 heteroatoms. The molecule has 61 heavy (non-hydrogen) atoms. The van der Waals surface area contributed by atoms with Crippen LogP contribution in [0.25, 0.3) is 22.0 Å². The summed E-state index contributed by atoms with van der Waals surface area (Å²) < 4.78 is 33.5. The summed E-state index contributed by atoms with van der Waals surface area (Å²) in [7, 11) is 1.19. The van der Waals surface area contributed by atoms with E-state index in [0.717, 1.165) is 27.8 Å². The van der Waals surface area contributed by atoms with Crippen LogP contribution in [0.4, 0.5) is 9.18 Å². The smallest absolute Gasteiger partial charge is 0.407 e. The van der Waals surface area contributed by atoms with E-state index in [2.05, 4.69) is 22.5 Å². The topological polar surface area (TPSA) is 157 Å². The molecule has 4 amide bonds. The van der Waals surface area contributed by atoms with E-state index in [1.807, 2.05) is 65.2 Å². The lowest BCUT2D eigenvalue weighted by Gasteiger charge is -2.30. The van der Waals surface area contributed by atoms with E-state index in [9.17, 15) is 28.4 Å². The zero-order valence-electron chi connectivity index (χ0n) is 33.6. The molecule has 1 aliphatic carbocycles. The Kier molecular flexibility index (Phi) is 12.0. The van der Waals surface area contributed by atoms with Gasteiger partial charge in [-0.25, -0.2) is 14.0 Å². The number of alkyl carbamates (subject to hydrolysis) is 1. The van der Waals surface area contributed by atoms with Gasteiger partial charge in [0.25, 0.3) is 0 Å². The normalized spacial score (nSPS) is 20.6. The fourth-order valence-electron chi connectivity index (χ4n) is 8.80. The molecule has 0 unspecified atom stereocenters. The second-order valence-corrected chi connectivity index (χ2v) is 15.5. The van der Waals surface area contributed by atoms with Gasteiger partial charge in [0, 0.05) is 55.5 Å². The molecule has 13 nitrogen and oxygen atoms in total. The number of nitrogens with one attached hydrogen (secondary N) is 3. The summed E-state index contributed by atoms with van der Waals surface area (Å²) in [6.07, 6.45) is 1.82. The van der Waals surface area contributed by atoms with Crippen molar-refractivity contribution >= 4 is 40.7 Å². The van der Waals surface area contributed by atoms with E-state index in [4.69, 9.17) is 14.2 Å². The molecule has 314 valence electrons. The minimum absolute atomic E-state index is 0.00292. The molecule has 3 N–H and O–H groups in total. The first-order valence-electron chi connectivity index (χ1n) is 20.3. The fraction of sp³-hybridized carbons (Fsp3) is 0.298. The van der Waals surface area contributed by atoms with Crippen LogP contribution in [0, 0.1) is 5.82 Å². The molecule has 1 aromatic heterocycles. The number of esters is 1. The SMILES string of the molecule is C=CCn1cc(C[C@@H]2NC(=O)[C@@H](NC(=O)OCC3c4ccccc4-c4ccccc43)Cc3cccc(c3)CNC(=O)CO[C@H]3CCN(C2=O)[C@@H]3C(=O)OC)c2cc(F)ccc21. The number of nitrogens with zero attached hydrogens (tertiary/aromatic N) is 2. The van der Waals surface area contributed by atoms with Gasteiger partial charge in [-0.3, -0.25) is 14.4 Å². The van der Waals surface area contributed by atoms with Crippen molar-refractivity contribution in [3.05, 3.63) is 143 Å². The summed E-state index contributed by atoms with van der Waals surface area (Å²) in [5.41, 5.74) is 6.79. The van der Waals surface area contributed by atoms with Crippen molar-refractivity contribution in [3.63, 3.8) is 0 Å². The minimum Gasteiger partial charge on any atom is -0.467 e. The first kappa shape index (κ1) is 41.0. The molecule has 1 saturated heterocycles. The van der Waals surface area contributed by atoms with Crippen LogP contribution >= 0.6 is 0 Å². The van der Waals surface area contributed by atoms with Crippen LogP contribution in [-0.4, -0.2) is 90.3 Å². The summed E-state index contributed by atoms with van der Waals surface area (Å²) in [4.78, 5) is 70.9. The Bertz CT molecular complexity index is 2470. The molecule has 0 radical (unpaired) electrons. The van der Waals surface area contributed by atoms with Crippen LogP contribution in [0.2, 0.25) is 0 Å². The summed E-state index contributed by atoms with van der Waals surface area (Å²) >= 11 is 0. The lowest BCUT2D eigenvalue weighted by molar-refractivity contribution is -0.157. The predicted octanol–water partition coefficient (Wildman–Crippen LogP) is 4.93. The average Bonchev–Trinajstić information content (AvgIpc) is 3.94. The maximum absolute atomic E-state index is 14.8. The third-order valence-electron chi connectivity index (χ3n) is 11.7. The number of fused-ring (bicyclic) bond motifs is 8. The second-order valence-electron chi connectivity index (χ2n) is 15.5. The molecular weight excluding hydrogens is 782 g/mol. The van der Waals surface area contributed by atoms with Crippen LogP contribution in [0.3, 0.4) is 0 Å². The van der Waals surface area contributed by atoms with Crippen molar-refractivity contribution in [1.29, 1.82) is 0 Å². The van der Waals surface area contributed by atoms with E-state index in [-0.39, 0.29) is 51.5 Å². The minimum atomic E-state index is -1.32. The van der Waals surface area contributed by atoms with E-state index >= 15 is 0 Å². The fourth-order valence-corrected chi connectivity index (χ4v) is 8.80. The standard InChI is InChI=1S/C47H46FN5O8/c1-3-18-52-25-30(36-23-31(48)15-16-40(36)52)22-39-45(56)53-19-17-41(43(53)46(57)59-2)60-27-42(54)49-24-29-10-8-9-28(20-29)21-38(44(55)50-39)51-47(58)61-26-37-34-13-6-4-11-32(34)33-12-5-7-14-35(33)37/h3-16,20,23,25,37-39,41,43H,1,17-19,21-22,24,26-27H2,2H3,(H,49,54)(H,50,55)(H,51,58)/t38-,39-,41-,43-/m0/s1. The lowest BCUT2D eigenvalue weighted by Crippen LogP contribution is -2.58. The molecule has 0 spiro atoms. The Labute approximate surface area is 351 Å². The largest absolute Gasteiger partial charge is 0.467 e. The summed E-state index contributed by atoms with van der Waals surface area (Å²) in [6.45, 7) is 4.05. The number of allylic oxidation sites excluding steroid dienone is 1. The Morgan fingerprint density at radius 1 is 0.967 bits per heavy atom. The van der Waals surface area contributed by atoms with Crippen LogP contribution in [0.5, 0.6) is 0 Å². The highest BCUT2D eigenvalue weighted by Gasteiger charge is 2.46. The van der Waals surface area contributed by atoms with Crippen LogP contribution in [0.15, 0.2) is 110 Å². The second kappa shape index (κ2) is 17.8. The number of rotatable bonds is 8. The van der Waals surface area contributed by atoms with E-state index in [1.165, 1.54) is 24.1 Å². The molecular formula is C47H46FN5O8. The number of carbonyl (C=O) groups is 5. The lowest BCUT2D eigenvalue weighted by atomic mass is 9.98. The molecule has 2 aliphatic heterocycles. The summed E-state index contributed by atoms with van der Waals surface area (Å²) in [5.74, 6) is -3.24. The van der Waals surface area contributed by atoms with Crippen molar-refractivity contribution in [2.75, 3.05) is 26.9 Å². The van der Waals surface area contributed by atoms with Gasteiger partial charge in [-0.2, -0.15) is 0 Å². The van der Waals surface area contributed by atoms with Crippen molar-refractivity contribution in [2.45, 2.75) is 62.5 Å². The Balaban J connectivity index is 1.13. The Morgan fingerprint density at radius 2 is 1.70 bits per heavy atom. The monoisotopic (exact) mass is 827 g/mol. The highest BCUT2D eigenvalue weighted by atomic mass is 19.1. The average molecular weight is 828 g/mol. The maximum Gasteiger partial charge on any atom is 0.407 e. The van der Waals surface area contributed by atoms with E-state index in [1.54, 1.807) is 30.5 Å². The zero-order chi connectivity index (χ0) is 42.6. The molecule has 4 bridgehead atoms. The predicted molar refractivity (Wildman–Crippen MR) is 224 cm³/mol. The number of hydrogen-bond acceptors (Lipinski definition) is 8. The van der Waals surface area contributed by atoms with Crippen LogP contribution < -0.4 is 16.0 Å². The van der Waals surface area contributed by atoms with Crippen molar-refractivity contribution in [3.8, 4) is 11.1 Å².